The lowest BCUT2D eigenvalue weighted by atomic mass is 10.1. The van der Waals surface area contributed by atoms with E-state index in [0.29, 0.717) is 10.6 Å². The molecule has 1 aromatic heterocycles. The maximum atomic E-state index is 4.25. The van der Waals surface area contributed by atoms with Crippen LogP contribution in [0, 0.1) is 6.92 Å². The highest BCUT2D eigenvalue weighted by molar-refractivity contribution is 8.00. The van der Waals surface area contributed by atoms with E-state index in [1.165, 1.54) is 12.1 Å². The van der Waals surface area contributed by atoms with Crippen LogP contribution in [0.2, 0.25) is 0 Å². The summed E-state index contributed by atoms with van der Waals surface area (Å²) in [7, 11) is 0. The van der Waals surface area contributed by atoms with E-state index >= 15 is 0 Å². The molecule has 3 rings (SSSR count). The molecule has 2 aliphatic heterocycles. The van der Waals surface area contributed by atoms with E-state index in [4.69, 9.17) is 0 Å². The maximum absolute atomic E-state index is 4.25. The standard InChI is InChI=1S/C11H15N3S/c1-8-4-13(7-12-8)5-10-6-14-9(2)3-11(14)15-10/h4,7,10-11H,2-3,5-6H2,1H3. The fourth-order valence-electron chi connectivity index (χ4n) is 2.28. The lowest BCUT2D eigenvalue weighted by Crippen LogP contribution is -2.38. The summed E-state index contributed by atoms with van der Waals surface area (Å²) >= 11 is 2.08. The maximum Gasteiger partial charge on any atom is 0.0949 e. The number of thioether (sulfide) groups is 1. The zero-order valence-electron chi connectivity index (χ0n) is 8.89. The molecule has 0 aliphatic carbocycles. The number of rotatable bonds is 2. The normalized spacial score (nSPS) is 29.1. The van der Waals surface area contributed by atoms with Crippen LogP contribution in [0.3, 0.4) is 0 Å². The molecule has 4 heteroatoms. The molecule has 80 valence electrons. The van der Waals surface area contributed by atoms with Gasteiger partial charge in [0.2, 0.25) is 0 Å². The number of hydrogen-bond donors (Lipinski definition) is 0. The molecule has 0 bridgehead atoms. The first kappa shape index (κ1) is 9.33. The van der Waals surface area contributed by atoms with Crippen molar-refractivity contribution in [1.29, 1.82) is 0 Å². The monoisotopic (exact) mass is 221 g/mol. The molecule has 15 heavy (non-hydrogen) atoms. The Morgan fingerprint density at radius 3 is 3.13 bits per heavy atom. The fourth-order valence-corrected chi connectivity index (χ4v) is 3.90. The van der Waals surface area contributed by atoms with E-state index in [9.17, 15) is 0 Å². The van der Waals surface area contributed by atoms with Gasteiger partial charge in [-0.25, -0.2) is 4.98 Å². The third-order valence-electron chi connectivity index (χ3n) is 3.09. The molecule has 0 amide bonds. The minimum Gasteiger partial charge on any atom is -0.362 e. The van der Waals surface area contributed by atoms with Crippen LogP contribution in [0.5, 0.6) is 0 Å². The lowest BCUT2D eigenvalue weighted by molar-refractivity contribution is 0.249. The summed E-state index contributed by atoms with van der Waals surface area (Å²) in [6.07, 6.45) is 5.23. The van der Waals surface area contributed by atoms with Crippen LogP contribution < -0.4 is 0 Å². The van der Waals surface area contributed by atoms with Crippen molar-refractivity contribution in [1.82, 2.24) is 14.5 Å². The van der Waals surface area contributed by atoms with Crippen molar-refractivity contribution in [3.05, 3.63) is 30.5 Å². The summed E-state index contributed by atoms with van der Waals surface area (Å²) in [4.78, 5) is 6.68. The topological polar surface area (TPSA) is 21.1 Å². The fraction of sp³-hybridized carbons (Fsp3) is 0.545. The van der Waals surface area contributed by atoms with Crippen LogP contribution in [0.15, 0.2) is 24.8 Å². The summed E-state index contributed by atoms with van der Waals surface area (Å²) < 4.78 is 2.20. The zero-order chi connectivity index (χ0) is 10.4. The molecule has 0 aromatic carbocycles. The Balaban J connectivity index is 1.64. The SMILES string of the molecule is C=C1CC2SC(Cn3cnc(C)c3)CN12. The Bertz CT molecular complexity index is 398. The molecule has 2 saturated heterocycles. The molecular weight excluding hydrogens is 206 g/mol. The smallest absolute Gasteiger partial charge is 0.0949 e. The van der Waals surface area contributed by atoms with E-state index in [2.05, 4.69) is 39.0 Å². The summed E-state index contributed by atoms with van der Waals surface area (Å²) in [6, 6.07) is 0. The van der Waals surface area contributed by atoms with Crippen molar-refractivity contribution in [2.45, 2.75) is 30.5 Å². The molecule has 1 aromatic rings. The van der Waals surface area contributed by atoms with E-state index in [1.807, 2.05) is 13.3 Å². The van der Waals surface area contributed by atoms with Crippen molar-refractivity contribution < 1.29 is 0 Å². The van der Waals surface area contributed by atoms with Crippen molar-refractivity contribution in [3.63, 3.8) is 0 Å². The molecule has 2 fully saturated rings. The van der Waals surface area contributed by atoms with Gasteiger partial charge in [0.25, 0.3) is 0 Å². The van der Waals surface area contributed by atoms with Gasteiger partial charge in [0.1, 0.15) is 0 Å². The van der Waals surface area contributed by atoms with Gasteiger partial charge in [-0.1, -0.05) is 6.58 Å². The molecule has 2 atom stereocenters. The van der Waals surface area contributed by atoms with Crippen molar-refractivity contribution in [3.8, 4) is 0 Å². The summed E-state index contributed by atoms with van der Waals surface area (Å²) in [5.41, 5.74) is 2.42. The number of fused-ring (bicyclic) bond motifs is 1. The summed E-state index contributed by atoms with van der Waals surface area (Å²) in [5.74, 6) is 0. The Morgan fingerprint density at radius 2 is 2.53 bits per heavy atom. The second kappa shape index (κ2) is 3.30. The second-order valence-corrected chi connectivity index (χ2v) is 5.83. The molecule has 2 unspecified atom stereocenters. The largest absolute Gasteiger partial charge is 0.362 e. The Labute approximate surface area is 94.2 Å². The quantitative estimate of drug-likeness (QED) is 0.760. The predicted octanol–water partition coefficient (Wildman–Crippen LogP) is 1.85. The minimum absolute atomic E-state index is 0.697. The molecule has 0 N–H and O–H groups in total. The number of aryl methyl sites for hydroxylation is 1. The van der Waals surface area contributed by atoms with Gasteiger partial charge in [0, 0.05) is 36.7 Å². The van der Waals surface area contributed by atoms with Gasteiger partial charge < -0.3 is 9.47 Å². The third kappa shape index (κ3) is 1.57. The molecule has 0 radical (unpaired) electrons. The van der Waals surface area contributed by atoms with Gasteiger partial charge in [0.15, 0.2) is 0 Å². The average molecular weight is 221 g/mol. The van der Waals surface area contributed by atoms with Crippen molar-refractivity contribution in [2.24, 2.45) is 0 Å². The van der Waals surface area contributed by atoms with E-state index in [1.54, 1.807) is 0 Å². The number of nitrogens with zero attached hydrogens (tertiary/aromatic N) is 3. The number of hydrogen-bond acceptors (Lipinski definition) is 3. The lowest BCUT2D eigenvalue weighted by Gasteiger charge is -2.38. The minimum atomic E-state index is 0.697. The van der Waals surface area contributed by atoms with Gasteiger partial charge in [-0.3, -0.25) is 0 Å². The average Bonchev–Trinajstić information content (AvgIpc) is 2.72. The first-order valence-corrected chi connectivity index (χ1v) is 6.25. The van der Waals surface area contributed by atoms with Crippen LogP contribution in [0.25, 0.3) is 0 Å². The first-order valence-electron chi connectivity index (χ1n) is 5.30. The van der Waals surface area contributed by atoms with Gasteiger partial charge in [0.05, 0.1) is 17.4 Å². The summed E-state index contributed by atoms with van der Waals surface area (Å²) in [6.45, 7) is 8.31. The highest BCUT2D eigenvalue weighted by atomic mass is 32.2. The number of aromatic nitrogens is 2. The second-order valence-electron chi connectivity index (χ2n) is 4.35. The Hall–Kier alpha value is -0.900. The van der Waals surface area contributed by atoms with E-state index in [0.717, 1.165) is 18.8 Å². The molecular formula is C11H15N3S. The first-order chi connectivity index (χ1) is 7.22. The van der Waals surface area contributed by atoms with Crippen LogP contribution in [0.1, 0.15) is 12.1 Å². The van der Waals surface area contributed by atoms with Crippen molar-refractivity contribution >= 4 is 11.8 Å². The van der Waals surface area contributed by atoms with Gasteiger partial charge in [-0.05, 0) is 6.92 Å². The summed E-state index contributed by atoms with van der Waals surface area (Å²) in [5, 5.41) is 1.41. The van der Waals surface area contributed by atoms with Crippen molar-refractivity contribution in [2.75, 3.05) is 6.54 Å². The van der Waals surface area contributed by atoms with Crippen LogP contribution in [0.4, 0.5) is 0 Å². The molecule has 3 heterocycles. The van der Waals surface area contributed by atoms with Crippen LogP contribution in [-0.4, -0.2) is 31.6 Å². The van der Waals surface area contributed by atoms with E-state index < -0.39 is 0 Å². The highest BCUT2D eigenvalue weighted by Gasteiger charge is 2.40. The Kier molecular flexibility index (Phi) is 2.06. The van der Waals surface area contributed by atoms with Gasteiger partial charge >= 0.3 is 0 Å². The van der Waals surface area contributed by atoms with Gasteiger partial charge in [-0.15, -0.1) is 11.8 Å². The molecule has 2 aliphatic rings. The van der Waals surface area contributed by atoms with Gasteiger partial charge in [-0.2, -0.15) is 0 Å². The highest BCUT2D eigenvalue weighted by Crippen LogP contribution is 2.44. The van der Waals surface area contributed by atoms with Crippen LogP contribution in [-0.2, 0) is 6.54 Å². The predicted molar refractivity (Wildman–Crippen MR) is 62.6 cm³/mol. The Morgan fingerprint density at radius 1 is 1.67 bits per heavy atom. The molecule has 0 saturated carbocycles. The number of imidazole rings is 1. The van der Waals surface area contributed by atoms with Crippen LogP contribution >= 0.6 is 11.8 Å². The van der Waals surface area contributed by atoms with E-state index in [-0.39, 0.29) is 0 Å². The zero-order valence-corrected chi connectivity index (χ0v) is 9.70. The molecule has 3 nitrogen and oxygen atoms in total. The third-order valence-corrected chi connectivity index (χ3v) is 4.51. The molecule has 0 spiro atoms.